The molecule has 1 atom stereocenters. The average Bonchev–Trinajstić information content (AvgIpc) is 2.96. The molecule has 25 heavy (non-hydrogen) atoms. The Bertz CT molecular complexity index is 801. The molecule has 0 aliphatic heterocycles. The Hall–Kier alpha value is -2.21. The fourth-order valence-corrected chi connectivity index (χ4v) is 2.87. The lowest BCUT2D eigenvalue weighted by molar-refractivity contribution is 0.0126. The van der Waals surface area contributed by atoms with Crippen LogP contribution in [-0.2, 0) is 17.9 Å². The zero-order valence-corrected chi connectivity index (χ0v) is 14.8. The summed E-state index contributed by atoms with van der Waals surface area (Å²) >= 11 is 0. The van der Waals surface area contributed by atoms with Gasteiger partial charge < -0.3 is 14.2 Å². The van der Waals surface area contributed by atoms with Gasteiger partial charge in [-0.05, 0) is 31.2 Å². The zero-order chi connectivity index (χ0) is 17.6. The highest BCUT2D eigenvalue weighted by molar-refractivity contribution is 5.41. The molecule has 0 saturated heterocycles. The van der Waals surface area contributed by atoms with Crippen LogP contribution in [0.5, 0.6) is 0 Å². The number of pyridine rings is 1. The van der Waals surface area contributed by atoms with Crippen LogP contribution in [0.1, 0.15) is 16.8 Å². The number of imidazole rings is 1. The molecular formula is C20H25N3O2. The van der Waals surface area contributed by atoms with E-state index >= 15 is 0 Å². The number of aliphatic hydroxyl groups excluding tert-OH is 1. The van der Waals surface area contributed by atoms with Crippen molar-refractivity contribution in [1.82, 2.24) is 14.3 Å². The van der Waals surface area contributed by atoms with E-state index in [9.17, 15) is 5.11 Å². The van der Waals surface area contributed by atoms with Gasteiger partial charge in [0.1, 0.15) is 5.65 Å². The van der Waals surface area contributed by atoms with Gasteiger partial charge in [0.05, 0.1) is 25.0 Å². The molecule has 0 aliphatic carbocycles. The number of hydrogen-bond donors (Lipinski definition) is 1. The van der Waals surface area contributed by atoms with E-state index in [0.717, 1.165) is 16.9 Å². The molecule has 0 saturated carbocycles. The molecule has 0 radical (unpaired) electrons. The quantitative estimate of drug-likeness (QED) is 0.685. The van der Waals surface area contributed by atoms with Crippen molar-refractivity contribution in [3.05, 3.63) is 71.7 Å². The van der Waals surface area contributed by atoms with E-state index in [1.54, 1.807) is 0 Å². The van der Waals surface area contributed by atoms with E-state index in [0.29, 0.717) is 26.3 Å². The van der Waals surface area contributed by atoms with E-state index in [1.165, 1.54) is 5.56 Å². The fourth-order valence-electron chi connectivity index (χ4n) is 2.87. The molecule has 2 aromatic heterocycles. The lowest BCUT2D eigenvalue weighted by Crippen LogP contribution is -2.32. The summed E-state index contributed by atoms with van der Waals surface area (Å²) in [5.74, 6) is 0. The first-order valence-electron chi connectivity index (χ1n) is 8.52. The second-order valence-electron chi connectivity index (χ2n) is 6.56. The Balaban J connectivity index is 1.45. The second kappa shape index (κ2) is 8.25. The summed E-state index contributed by atoms with van der Waals surface area (Å²) in [6.07, 6.45) is 3.59. The van der Waals surface area contributed by atoms with Crippen LogP contribution in [0.25, 0.3) is 5.65 Å². The summed E-state index contributed by atoms with van der Waals surface area (Å²) in [6.45, 7) is 4.15. The molecule has 3 aromatic rings. The molecule has 1 unspecified atom stereocenters. The van der Waals surface area contributed by atoms with Crippen molar-refractivity contribution in [3.63, 3.8) is 0 Å². The van der Waals surface area contributed by atoms with Gasteiger partial charge in [-0.1, -0.05) is 36.4 Å². The summed E-state index contributed by atoms with van der Waals surface area (Å²) in [5.41, 5.74) is 4.25. The van der Waals surface area contributed by atoms with E-state index < -0.39 is 6.10 Å². The predicted octanol–water partition coefficient (Wildman–Crippen LogP) is 2.65. The van der Waals surface area contributed by atoms with Crippen LogP contribution in [-0.4, -0.2) is 45.7 Å². The predicted molar refractivity (Wildman–Crippen MR) is 98.4 cm³/mol. The number of aromatic nitrogens is 2. The molecule has 0 fully saturated rings. The average molecular weight is 339 g/mol. The molecular weight excluding hydrogens is 314 g/mol. The smallest absolute Gasteiger partial charge is 0.137 e. The first kappa shape index (κ1) is 17.6. The van der Waals surface area contributed by atoms with Crippen molar-refractivity contribution in [2.24, 2.45) is 0 Å². The van der Waals surface area contributed by atoms with E-state index in [-0.39, 0.29) is 0 Å². The van der Waals surface area contributed by atoms with Crippen LogP contribution in [0.15, 0.2) is 54.9 Å². The minimum absolute atomic E-state index is 0.323. The second-order valence-corrected chi connectivity index (χ2v) is 6.56. The minimum atomic E-state index is -0.520. The van der Waals surface area contributed by atoms with Crippen molar-refractivity contribution >= 4 is 5.65 Å². The number of hydrogen-bond acceptors (Lipinski definition) is 4. The maximum Gasteiger partial charge on any atom is 0.137 e. The normalized spacial score (nSPS) is 12.8. The largest absolute Gasteiger partial charge is 0.389 e. The molecule has 3 rings (SSSR count). The topological polar surface area (TPSA) is 50.0 Å². The standard InChI is InChI=1S/C20H25N3O2/c1-16-8-9-20-21-18(12-23(20)10-16)11-22(2)13-19(24)15-25-14-17-6-4-3-5-7-17/h3-10,12,19,24H,11,13-15H2,1-2H3. The van der Waals surface area contributed by atoms with Crippen molar-refractivity contribution < 1.29 is 9.84 Å². The summed E-state index contributed by atoms with van der Waals surface area (Å²) in [4.78, 5) is 6.67. The third kappa shape index (κ3) is 5.13. The Kier molecular flexibility index (Phi) is 5.81. The molecule has 5 nitrogen and oxygen atoms in total. The molecule has 5 heteroatoms. The molecule has 0 aliphatic rings. The van der Waals surface area contributed by atoms with Crippen molar-refractivity contribution in [2.45, 2.75) is 26.2 Å². The van der Waals surface area contributed by atoms with Crippen LogP contribution >= 0.6 is 0 Å². The number of likely N-dealkylation sites (N-methyl/N-ethyl adjacent to an activating group) is 1. The van der Waals surface area contributed by atoms with Gasteiger partial charge in [0.2, 0.25) is 0 Å². The molecule has 1 N–H and O–H groups in total. The number of fused-ring (bicyclic) bond motifs is 1. The van der Waals surface area contributed by atoms with Gasteiger partial charge >= 0.3 is 0 Å². The Morgan fingerprint density at radius 1 is 1.16 bits per heavy atom. The van der Waals surface area contributed by atoms with Gasteiger partial charge in [0, 0.05) is 25.5 Å². The maximum absolute atomic E-state index is 10.2. The first-order valence-corrected chi connectivity index (χ1v) is 8.52. The number of rotatable bonds is 8. The van der Waals surface area contributed by atoms with Gasteiger partial charge in [0.25, 0.3) is 0 Å². The molecule has 132 valence electrons. The molecule has 0 bridgehead atoms. The molecule has 0 amide bonds. The number of aryl methyl sites for hydroxylation is 1. The SMILES string of the molecule is Cc1ccc2nc(CN(C)CC(O)COCc3ccccc3)cn2c1. The molecule has 2 heterocycles. The van der Waals surface area contributed by atoms with Crippen LogP contribution in [0, 0.1) is 6.92 Å². The van der Waals surface area contributed by atoms with E-state index in [2.05, 4.69) is 29.1 Å². The third-order valence-corrected chi connectivity index (χ3v) is 4.02. The van der Waals surface area contributed by atoms with E-state index in [1.807, 2.05) is 54.0 Å². The van der Waals surface area contributed by atoms with E-state index in [4.69, 9.17) is 4.74 Å². The van der Waals surface area contributed by atoms with Gasteiger partial charge in [0.15, 0.2) is 0 Å². The van der Waals surface area contributed by atoms with Gasteiger partial charge in [-0.3, -0.25) is 4.90 Å². The summed E-state index contributed by atoms with van der Waals surface area (Å²) < 4.78 is 7.64. The van der Waals surface area contributed by atoms with Crippen LogP contribution in [0.2, 0.25) is 0 Å². The van der Waals surface area contributed by atoms with Crippen molar-refractivity contribution in [1.29, 1.82) is 0 Å². The molecule has 1 aromatic carbocycles. The van der Waals surface area contributed by atoms with Gasteiger partial charge in [-0.2, -0.15) is 0 Å². The minimum Gasteiger partial charge on any atom is -0.389 e. The van der Waals surface area contributed by atoms with Crippen LogP contribution in [0.3, 0.4) is 0 Å². The number of ether oxygens (including phenoxy) is 1. The Labute approximate surface area is 148 Å². The maximum atomic E-state index is 10.2. The monoisotopic (exact) mass is 339 g/mol. The third-order valence-electron chi connectivity index (χ3n) is 4.02. The van der Waals surface area contributed by atoms with Gasteiger partial charge in [-0.25, -0.2) is 4.98 Å². The number of benzene rings is 1. The van der Waals surface area contributed by atoms with Crippen molar-refractivity contribution in [3.8, 4) is 0 Å². The highest BCUT2D eigenvalue weighted by Crippen LogP contribution is 2.09. The summed E-state index contributed by atoms with van der Waals surface area (Å²) in [5, 5.41) is 10.2. The number of nitrogens with zero attached hydrogens (tertiary/aromatic N) is 3. The summed E-state index contributed by atoms with van der Waals surface area (Å²) in [7, 11) is 1.98. The lowest BCUT2D eigenvalue weighted by atomic mass is 10.2. The van der Waals surface area contributed by atoms with Crippen LogP contribution < -0.4 is 0 Å². The molecule has 0 spiro atoms. The zero-order valence-electron chi connectivity index (χ0n) is 14.8. The Morgan fingerprint density at radius 3 is 2.76 bits per heavy atom. The Morgan fingerprint density at radius 2 is 1.96 bits per heavy atom. The highest BCUT2D eigenvalue weighted by atomic mass is 16.5. The van der Waals surface area contributed by atoms with Gasteiger partial charge in [-0.15, -0.1) is 0 Å². The van der Waals surface area contributed by atoms with Crippen molar-refractivity contribution in [2.75, 3.05) is 20.2 Å². The first-order chi connectivity index (χ1) is 12.1. The lowest BCUT2D eigenvalue weighted by Gasteiger charge is -2.19. The number of aliphatic hydroxyl groups is 1. The van der Waals surface area contributed by atoms with Crippen LogP contribution in [0.4, 0.5) is 0 Å². The summed E-state index contributed by atoms with van der Waals surface area (Å²) in [6, 6.07) is 14.1. The fraction of sp³-hybridized carbons (Fsp3) is 0.350. The highest BCUT2D eigenvalue weighted by Gasteiger charge is 2.11.